The molecule has 0 aliphatic heterocycles. The van der Waals surface area contributed by atoms with Gasteiger partial charge in [-0.15, -0.1) is 0 Å². The summed E-state index contributed by atoms with van der Waals surface area (Å²) in [5.41, 5.74) is 1.55. The maximum atomic E-state index is 12.1. The highest BCUT2D eigenvalue weighted by Crippen LogP contribution is 2.20. The first-order chi connectivity index (χ1) is 8.92. The van der Waals surface area contributed by atoms with E-state index in [2.05, 4.69) is 5.32 Å². The summed E-state index contributed by atoms with van der Waals surface area (Å²) in [5.74, 6) is -0.298. The molecule has 0 aromatic heterocycles. The highest BCUT2D eigenvalue weighted by atomic mass is 32.2. The first-order valence-corrected chi connectivity index (χ1v) is 7.89. The molecule has 1 aromatic rings. The van der Waals surface area contributed by atoms with Crippen LogP contribution >= 0.6 is 0 Å². The van der Waals surface area contributed by atoms with Crippen LogP contribution < -0.4 is 10.5 Å². The molecule has 0 aliphatic rings. The van der Waals surface area contributed by atoms with Crippen LogP contribution in [0.2, 0.25) is 0 Å². The normalized spacial score (nSPS) is 12.3. The molecule has 5 nitrogen and oxygen atoms in total. The molecule has 0 radical (unpaired) electrons. The molecule has 1 rings (SSSR count). The molecule has 1 aromatic carbocycles. The third-order valence-corrected chi connectivity index (χ3v) is 4.00. The van der Waals surface area contributed by atoms with E-state index in [1.54, 1.807) is 19.9 Å². The zero-order valence-electron chi connectivity index (χ0n) is 12.6. The van der Waals surface area contributed by atoms with Gasteiger partial charge in [0.1, 0.15) is 0 Å². The van der Waals surface area contributed by atoms with Crippen molar-refractivity contribution in [3.8, 4) is 0 Å². The lowest BCUT2D eigenvalue weighted by molar-refractivity contribution is 0.0939. The molecule has 0 spiro atoms. The molecule has 20 heavy (non-hydrogen) atoms. The van der Waals surface area contributed by atoms with Gasteiger partial charge in [-0.25, -0.2) is 13.6 Å². The van der Waals surface area contributed by atoms with Gasteiger partial charge in [-0.3, -0.25) is 4.79 Å². The lowest BCUT2D eigenvalue weighted by Gasteiger charge is -2.19. The first-order valence-electron chi connectivity index (χ1n) is 6.34. The molecule has 1 amide bonds. The number of sulfonamides is 1. The molecule has 6 heteroatoms. The number of carbonyl (C=O) groups is 1. The van der Waals surface area contributed by atoms with E-state index in [1.165, 1.54) is 6.07 Å². The van der Waals surface area contributed by atoms with E-state index in [4.69, 9.17) is 5.14 Å². The smallest absolute Gasteiger partial charge is 0.251 e. The largest absolute Gasteiger partial charge is 0.352 e. The Balaban J connectivity index is 3.15. The second-order valence-electron chi connectivity index (χ2n) is 6.20. The fourth-order valence-electron chi connectivity index (χ4n) is 1.70. The molecule has 0 saturated heterocycles. The van der Waals surface area contributed by atoms with Gasteiger partial charge >= 0.3 is 0 Å². The predicted molar refractivity (Wildman–Crippen MR) is 79.1 cm³/mol. The van der Waals surface area contributed by atoms with Crippen molar-refractivity contribution in [3.05, 3.63) is 28.8 Å². The minimum Gasteiger partial charge on any atom is -0.352 e. The standard InChI is InChI=1S/C14H22N2O3S/c1-9-6-11(13(17)16-8-14(3,4)5)7-12(10(9)2)20(15,18)19/h6-7H,8H2,1-5H3,(H,16,17)(H2,15,18,19). The zero-order valence-corrected chi connectivity index (χ0v) is 13.4. The molecule has 3 N–H and O–H groups in total. The Morgan fingerprint density at radius 3 is 2.25 bits per heavy atom. The summed E-state index contributed by atoms with van der Waals surface area (Å²) in [7, 11) is -3.84. The monoisotopic (exact) mass is 298 g/mol. The summed E-state index contributed by atoms with van der Waals surface area (Å²) >= 11 is 0. The highest BCUT2D eigenvalue weighted by molar-refractivity contribution is 7.89. The van der Waals surface area contributed by atoms with Crippen molar-refractivity contribution >= 4 is 15.9 Å². The van der Waals surface area contributed by atoms with Crippen molar-refractivity contribution in [2.45, 2.75) is 39.5 Å². The summed E-state index contributed by atoms with van der Waals surface area (Å²) in [6.45, 7) is 9.94. The zero-order chi connectivity index (χ0) is 15.7. The minimum atomic E-state index is -3.84. The Labute approximate surface area is 120 Å². The lowest BCUT2D eigenvalue weighted by Crippen LogP contribution is -2.32. The Morgan fingerprint density at radius 2 is 1.80 bits per heavy atom. The molecule has 112 valence electrons. The number of aryl methyl sites for hydroxylation is 1. The van der Waals surface area contributed by atoms with Crippen molar-refractivity contribution in [2.75, 3.05) is 6.54 Å². The Hall–Kier alpha value is -1.40. The molecule has 0 atom stereocenters. The lowest BCUT2D eigenvalue weighted by atomic mass is 9.97. The van der Waals surface area contributed by atoms with Crippen molar-refractivity contribution in [1.82, 2.24) is 5.32 Å². The number of hydrogen-bond acceptors (Lipinski definition) is 3. The maximum Gasteiger partial charge on any atom is 0.251 e. The van der Waals surface area contributed by atoms with Crippen LogP contribution in [0.25, 0.3) is 0 Å². The number of nitrogens with one attached hydrogen (secondary N) is 1. The first kappa shape index (κ1) is 16.7. The van der Waals surface area contributed by atoms with Crippen LogP contribution in [0.15, 0.2) is 17.0 Å². The summed E-state index contributed by atoms with van der Waals surface area (Å²) in [4.78, 5) is 12.1. The highest BCUT2D eigenvalue weighted by Gasteiger charge is 2.18. The average Bonchev–Trinajstić information content (AvgIpc) is 2.26. The summed E-state index contributed by atoms with van der Waals surface area (Å²) in [6, 6.07) is 3.00. The van der Waals surface area contributed by atoms with Gasteiger partial charge in [0, 0.05) is 12.1 Å². The van der Waals surface area contributed by atoms with Crippen molar-refractivity contribution in [3.63, 3.8) is 0 Å². The van der Waals surface area contributed by atoms with E-state index in [1.807, 2.05) is 20.8 Å². The van der Waals surface area contributed by atoms with Crippen LogP contribution in [0, 0.1) is 19.3 Å². The van der Waals surface area contributed by atoms with E-state index >= 15 is 0 Å². The number of hydrogen-bond donors (Lipinski definition) is 2. The van der Waals surface area contributed by atoms with Gasteiger partial charge in [-0.1, -0.05) is 20.8 Å². The van der Waals surface area contributed by atoms with E-state index in [-0.39, 0.29) is 16.2 Å². The number of nitrogens with two attached hydrogens (primary N) is 1. The number of benzene rings is 1. The fourth-order valence-corrected chi connectivity index (χ4v) is 2.58. The topological polar surface area (TPSA) is 89.3 Å². The fraction of sp³-hybridized carbons (Fsp3) is 0.500. The molecule has 0 saturated carbocycles. The summed E-state index contributed by atoms with van der Waals surface area (Å²) in [5, 5.41) is 7.97. The van der Waals surface area contributed by atoms with E-state index in [9.17, 15) is 13.2 Å². The molecule has 0 aliphatic carbocycles. The van der Waals surface area contributed by atoms with Crippen LogP contribution in [0.1, 0.15) is 42.3 Å². The van der Waals surface area contributed by atoms with Crippen molar-refractivity contribution in [2.24, 2.45) is 10.6 Å². The quantitative estimate of drug-likeness (QED) is 0.890. The maximum absolute atomic E-state index is 12.1. The number of rotatable bonds is 3. The van der Waals surface area contributed by atoms with Crippen molar-refractivity contribution in [1.29, 1.82) is 0 Å². The van der Waals surface area contributed by atoms with Gasteiger partial charge in [-0.05, 0) is 42.5 Å². The summed E-state index contributed by atoms with van der Waals surface area (Å²) in [6.07, 6.45) is 0. The van der Waals surface area contributed by atoms with Gasteiger partial charge in [0.05, 0.1) is 4.90 Å². The molecule has 0 unspecified atom stereocenters. The van der Waals surface area contributed by atoms with Gasteiger partial charge in [0.2, 0.25) is 10.0 Å². The Morgan fingerprint density at radius 1 is 1.25 bits per heavy atom. The van der Waals surface area contributed by atoms with Crippen LogP contribution in [0.3, 0.4) is 0 Å². The molecular formula is C14H22N2O3S. The Kier molecular flexibility index (Phi) is 4.61. The van der Waals surface area contributed by atoms with Crippen molar-refractivity contribution < 1.29 is 13.2 Å². The third kappa shape index (κ3) is 4.31. The third-order valence-electron chi connectivity index (χ3n) is 2.97. The van der Waals surface area contributed by atoms with Gasteiger partial charge in [0.15, 0.2) is 0 Å². The van der Waals surface area contributed by atoms with Gasteiger partial charge in [0.25, 0.3) is 5.91 Å². The minimum absolute atomic E-state index is 0.00147. The Bertz CT molecular complexity index is 629. The van der Waals surface area contributed by atoms with Crippen LogP contribution in [0.4, 0.5) is 0 Å². The number of carbonyl (C=O) groups excluding carboxylic acids is 1. The van der Waals surface area contributed by atoms with E-state index in [0.717, 1.165) is 5.56 Å². The number of amides is 1. The van der Waals surface area contributed by atoms with Crippen LogP contribution in [-0.4, -0.2) is 20.9 Å². The SMILES string of the molecule is Cc1cc(C(=O)NCC(C)(C)C)cc(S(N)(=O)=O)c1C. The second kappa shape index (κ2) is 5.54. The average molecular weight is 298 g/mol. The summed E-state index contributed by atoms with van der Waals surface area (Å²) < 4.78 is 23.1. The second-order valence-corrected chi connectivity index (χ2v) is 7.73. The van der Waals surface area contributed by atoms with Crippen LogP contribution in [0.5, 0.6) is 0 Å². The van der Waals surface area contributed by atoms with Gasteiger partial charge in [-0.2, -0.15) is 0 Å². The molecular weight excluding hydrogens is 276 g/mol. The van der Waals surface area contributed by atoms with Gasteiger partial charge < -0.3 is 5.32 Å². The molecule has 0 heterocycles. The van der Waals surface area contributed by atoms with E-state index in [0.29, 0.717) is 17.7 Å². The number of primary sulfonamides is 1. The van der Waals surface area contributed by atoms with E-state index < -0.39 is 10.0 Å². The van der Waals surface area contributed by atoms with Crippen LogP contribution in [-0.2, 0) is 10.0 Å². The molecule has 0 bridgehead atoms. The molecule has 0 fully saturated rings. The predicted octanol–water partition coefficient (Wildman–Crippen LogP) is 1.73.